The minimum atomic E-state index is -0.571. The summed E-state index contributed by atoms with van der Waals surface area (Å²) in [6.07, 6.45) is 2.93. The van der Waals surface area contributed by atoms with Gasteiger partial charge in [0.2, 0.25) is 0 Å². The van der Waals surface area contributed by atoms with Gasteiger partial charge < -0.3 is 10.1 Å². The molecule has 0 spiro atoms. The summed E-state index contributed by atoms with van der Waals surface area (Å²) >= 11 is 3.36. The number of nitrogens with one attached hydrogen (secondary N) is 1. The van der Waals surface area contributed by atoms with Gasteiger partial charge in [0.05, 0.1) is 0 Å². The van der Waals surface area contributed by atoms with Crippen molar-refractivity contribution in [2.45, 2.75) is 0 Å². The molecule has 3 rings (SSSR count). The van der Waals surface area contributed by atoms with Crippen molar-refractivity contribution in [2.24, 2.45) is 0 Å². The Kier molecular flexibility index (Phi) is 5.81. The molecular formula is C21H16BrNO3. The molecule has 1 amide bonds. The number of hydrogen-bond acceptors (Lipinski definition) is 3. The van der Waals surface area contributed by atoms with Crippen LogP contribution in [0.15, 0.2) is 77.3 Å². The van der Waals surface area contributed by atoms with Crippen LogP contribution in [0.25, 0.3) is 16.8 Å². The van der Waals surface area contributed by atoms with Gasteiger partial charge in [-0.2, -0.15) is 0 Å². The van der Waals surface area contributed by atoms with Gasteiger partial charge in [0, 0.05) is 21.6 Å². The molecule has 0 radical (unpaired) electrons. The van der Waals surface area contributed by atoms with E-state index >= 15 is 0 Å². The Morgan fingerprint density at radius 2 is 1.77 bits per heavy atom. The van der Waals surface area contributed by atoms with Gasteiger partial charge in [0.25, 0.3) is 5.91 Å². The average molecular weight is 410 g/mol. The average Bonchev–Trinajstić information content (AvgIpc) is 2.65. The summed E-state index contributed by atoms with van der Waals surface area (Å²) < 4.78 is 5.91. The maximum Gasteiger partial charge on any atom is 0.331 e. The monoisotopic (exact) mass is 409 g/mol. The molecule has 0 bridgehead atoms. The fourth-order valence-corrected chi connectivity index (χ4v) is 2.90. The molecule has 3 aromatic carbocycles. The summed E-state index contributed by atoms with van der Waals surface area (Å²) in [6.45, 7) is -0.342. The summed E-state index contributed by atoms with van der Waals surface area (Å²) in [7, 11) is 0. The van der Waals surface area contributed by atoms with E-state index in [9.17, 15) is 9.59 Å². The molecule has 0 fully saturated rings. The Morgan fingerprint density at radius 1 is 1.00 bits per heavy atom. The van der Waals surface area contributed by atoms with Crippen LogP contribution in [-0.4, -0.2) is 18.5 Å². The zero-order valence-electron chi connectivity index (χ0n) is 13.8. The first-order valence-corrected chi connectivity index (χ1v) is 8.79. The van der Waals surface area contributed by atoms with Gasteiger partial charge in [-0.15, -0.1) is 0 Å². The summed E-state index contributed by atoms with van der Waals surface area (Å²) in [4.78, 5) is 23.8. The predicted octanol–water partition coefficient (Wildman–Crippen LogP) is 4.80. The number of ether oxygens (including phenoxy) is 1. The second kappa shape index (κ2) is 8.45. The first kappa shape index (κ1) is 17.9. The third-order valence-corrected chi connectivity index (χ3v) is 4.16. The normalized spacial score (nSPS) is 10.8. The van der Waals surface area contributed by atoms with Crippen LogP contribution in [0, 0.1) is 0 Å². The lowest BCUT2D eigenvalue weighted by atomic mass is 10.1. The lowest BCUT2D eigenvalue weighted by Crippen LogP contribution is -2.20. The van der Waals surface area contributed by atoms with Crippen molar-refractivity contribution in [2.75, 3.05) is 11.9 Å². The van der Waals surface area contributed by atoms with Gasteiger partial charge >= 0.3 is 5.97 Å². The molecule has 0 unspecified atom stereocenters. The molecule has 26 heavy (non-hydrogen) atoms. The van der Waals surface area contributed by atoms with Crippen LogP contribution in [0.4, 0.5) is 5.69 Å². The molecular weight excluding hydrogens is 394 g/mol. The Bertz CT molecular complexity index is 976. The molecule has 0 saturated heterocycles. The lowest BCUT2D eigenvalue weighted by molar-refractivity contribution is -0.142. The third-order valence-electron chi connectivity index (χ3n) is 3.67. The first-order valence-electron chi connectivity index (χ1n) is 8.00. The van der Waals surface area contributed by atoms with Crippen LogP contribution in [-0.2, 0) is 14.3 Å². The van der Waals surface area contributed by atoms with E-state index < -0.39 is 5.97 Å². The highest BCUT2D eigenvalue weighted by molar-refractivity contribution is 9.10. The zero-order chi connectivity index (χ0) is 18.4. The Labute approximate surface area is 159 Å². The Balaban J connectivity index is 1.56. The second-order valence-electron chi connectivity index (χ2n) is 5.57. The van der Waals surface area contributed by atoms with Crippen LogP contribution < -0.4 is 5.32 Å². The summed E-state index contributed by atoms with van der Waals surface area (Å²) in [5.41, 5.74) is 1.55. The van der Waals surface area contributed by atoms with Gasteiger partial charge in [-0.1, -0.05) is 64.5 Å². The third kappa shape index (κ3) is 4.80. The summed E-state index contributed by atoms with van der Waals surface area (Å²) in [6, 6.07) is 20.9. The molecule has 0 aliphatic rings. The van der Waals surface area contributed by atoms with E-state index in [1.807, 2.05) is 66.7 Å². The highest BCUT2D eigenvalue weighted by atomic mass is 79.9. The van der Waals surface area contributed by atoms with Gasteiger partial charge in [0.15, 0.2) is 6.61 Å². The molecule has 4 nitrogen and oxygen atoms in total. The predicted molar refractivity (Wildman–Crippen MR) is 107 cm³/mol. The first-order chi connectivity index (χ1) is 12.6. The van der Waals surface area contributed by atoms with Crippen molar-refractivity contribution in [3.05, 3.63) is 82.8 Å². The smallest absolute Gasteiger partial charge is 0.331 e. The largest absolute Gasteiger partial charge is 0.452 e. The van der Waals surface area contributed by atoms with Crippen molar-refractivity contribution in [1.82, 2.24) is 0 Å². The van der Waals surface area contributed by atoms with Crippen molar-refractivity contribution >= 4 is 50.3 Å². The van der Waals surface area contributed by atoms with Crippen molar-refractivity contribution in [3.63, 3.8) is 0 Å². The zero-order valence-corrected chi connectivity index (χ0v) is 15.4. The number of fused-ring (bicyclic) bond motifs is 1. The number of esters is 1. The molecule has 0 heterocycles. The lowest BCUT2D eigenvalue weighted by Gasteiger charge is -2.08. The van der Waals surface area contributed by atoms with E-state index in [0.29, 0.717) is 5.69 Å². The molecule has 0 aromatic heterocycles. The van der Waals surface area contributed by atoms with Gasteiger partial charge in [-0.25, -0.2) is 4.79 Å². The van der Waals surface area contributed by atoms with E-state index in [4.69, 9.17) is 4.74 Å². The van der Waals surface area contributed by atoms with Crippen molar-refractivity contribution < 1.29 is 14.3 Å². The number of rotatable bonds is 5. The number of halogens is 1. The minimum Gasteiger partial charge on any atom is -0.452 e. The molecule has 130 valence electrons. The Hall–Kier alpha value is -2.92. The maximum absolute atomic E-state index is 12.1. The number of anilines is 1. The standard InChI is InChI=1S/C21H16BrNO3/c22-17-8-3-5-15(13-17)11-12-21(25)26-14-20(24)23-19-10-4-7-16-6-1-2-9-18(16)19/h1-13H,14H2,(H,23,24)/b12-11+. The van der Waals surface area contributed by atoms with E-state index in [2.05, 4.69) is 21.2 Å². The number of hydrogen-bond donors (Lipinski definition) is 1. The van der Waals surface area contributed by atoms with Crippen LogP contribution >= 0.6 is 15.9 Å². The minimum absolute atomic E-state index is 0.342. The molecule has 5 heteroatoms. The summed E-state index contributed by atoms with van der Waals surface area (Å²) in [5, 5.41) is 4.74. The topological polar surface area (TPSA) is 55.4 Å². The van der Waals surface area contributed by atoms with Gasteiger partial charge in [-0.05, 0) is 35.2 Å². The van der Waals surface area contributed by atoms with E-state index in [-0.39, 0.29) is 12.5 Å². The SMILES string of the molecule is O=C(COC(=O)/C=C/c1cccc(Br)c1)Nc1cccc2ccccc12. The molecule has 1 N–H and O–H groups in total. The van der Waals surface area contributed by atoms with Gasteiger partial charge in [0.1, 0.15) is 0 Å². The van der Waals surface area contributed by atoms with Crippen LogP contribution in [0.5, 0.6) is 0 Å². The fraction of sp³-hybridized carbons (Fsp3) is 0.0476. The molecule has 0 atom stereocenters. The molecule has 0 saturated carbocycles. The van der Waals surface area contributed by atoms with E-state index in [1.54, 1.807) is 6.08 Å². The van der Waals surface area contributed by atoms with Crippen molar-refractivity contribution in [3.8, 4) is 0 Å². The quantitative estimate of drug-likeness (QED) is 0.486. The highest BCUT2D eigenvalue weighted by Gasteiger charge is 2.08. The second-order valence-corrected chi connectivity index (χ2v) is 6.49. The van der Waals surface area contributed by atoms with Crippen LogP contribution in [0.2, 0.25) is 0 Å². The Morgan fingerprint density at radius 3 is 2.62 bits per heavy atom. The van der Waals surface area contributed by atoms with Crippen LogP contribution in [0.1, 0.15) is 5.56 Å². The maximum atomic E-state index is 12.1. The molecule has 0 aliphatic heterocycles. The van der Waals surface area contributed by atoms with Crippen molar-refractivity contribution in [1.29, 1.82) is 0 Å². The number of carbonyl (C=O) groups excluding carboxylic acids is 2. The fourth-order valence-electron chi connectivity index (χ4n) is 2.48. The number of benzene rings is 3. The van der Waals surface area contributed by atoms with Crippen LogP contribution in [0.3, 0.4) is 0 Å². The summed E-state index contributed by atoms with van der Waals surface area (Å²) in [5.74, 6) is -0.955. The highest BCUT2D eigenvalue weighted by Crippen LogP contribution is 2.22. The van der Waals surface area contributed by atoms with E-state index in [0.717, 1.165) is 20.8 Å². The van der Waals surface area contributed by atoms with Gasteiger partial charge in [-0.3, -0.25) is 4.79 Å². The molecule has 3 aromatic rings. The number of carbonyl (C=O) groups is 2. The molecule has 0 aliphatic carbocycles. The number of amides is 1. The van der Waals surface area contributed by atoms with E-state index in [1.165, 1.54) is 6.08 Å².